The Labute approximate surface area is 186 Å². The van der Waals surface area contributed by atoms with E-state index in [-0.39, 0.29) is 11.4 Å². The summed E-state index contributed by atoms with van der Waals surface area (Å²) in [6, 6.07) is 15.2. The van der Waals surface area contributed by atoms with Crippen molar-refractivity contribution in [3.63, 3.8) is 0 Å². The summed E-state index contributed by atoms with van der Waals surface area (Å²) >= 11 is 7.37. The molecule has 1 aromatic heterocycles. The molecule has 0 aliphatic carbocycles. The van der Waals surface area contributed by atoms with Crippen LogP contribution in [0.25, 0.3) is 11.4 Å². The van der Waals surface area contributed by atoms with Crippen molar-refractivity contribution >= 4 is 29.1 Å². The molecule has 1 aliphatic heterocycles. The van der Waals surface area contributed by atoms with Gasteiger partial charge in [-0.2, -0.15) is 0 Å². The van der Waals surface area contributed by atoms with Crippen molar-refractivity contribution in [3.05, 3.63) is 75.9 Å². The van der Waals surface area contributed by atoms with Gasteiger partial charge in [0.05, 0.1) is 23.7 Å². The Morgan fingerprint density at radius 1 is 1.10 bits per heavy atom. The molecule has 30 heavy (non-hydrogen) atoms. The molecule has 2 heterocycles. The van der Waals surface area contributed by atoms with E-state index in [1.54, 1.807) is 24.3 Å². The summed E-state index contributed by atoms with van der Waals surface area (Å²) in [5.74, 6) is 1.02. The summed E-state index contributed by atoms with van der Waals surface area (Å²) in [5.41, 5.74) is 4.52. The molecule has 0 atom stereocenters. The number of nitrogens with zero attached hydrogens (tertiary/aromatic N) is 2. The molecule has 0 bridgehead atoms. The summed E-state index contributed by atoms with van der Waals surface area (Å²) in [6.45, 7) is 6.65. The molecule has 0 N–H and O–H groups in total. The van der Waals surface area contributed by atoms with Crippen LogP contribution in [0.1, 0.15) is 41.0 Å². The minimum Gasteiger partial charge on any atom is -0.370 e. The number of benzene rings is 2. The van der Waals surface area contributed by atoms with Gasteiger partial charge in [-0.15, -0.1) is 0 Å². The van der Waals surface area contributed by atoms with Crippen LogP contribution in [-0.2, 0) is 17.8 Å². The first-order valence-corrected chi connectivity index (χ1v) is 11.2. The number of aromatic nitrogens is 2. The highest BCUT2D eigenvalue weighted by Gasteiger charge is 2.30. The molecule has 0 amide bonds. The number of thioether (sulfide) groups is 1. The highest BCUT2D eigenvalue weighted by molar-refractivity contribution is 8.00. The molecule has 6 heteroatoms. The fraction of sp³-hybridized carbons (Fsp3) is 0.292. The lowest BCUT2D eigenvalue weighted by Crippen LogP contribution is -2.33. The number of halogens is 1. The van der Waals surface area contributed by atoms with Crippen LogP contribution >= 0.6 is 23.4 Å². The summed E-state index contributed by atoms with van der Waals surface area (Å²) < 4.78 is 6.01. The lowest BCUT2D eigenvalue weighted by atomic mass is 9.96. The van der Waals surface area contributed by atoms with Gasteiger partial charge in [0.15, 0.2) is 11.6 Å². The number of Topliss-reactive ketones (excluding diaryl/α,β-unsaturated/α-hetero) is 1. The molecule has 0 fully saturated rings. The molecule has 0 radical (unpaired) electrons. The number of ketones is 1. The van der Waals surface area contributed by atoms with Crippen LogP contribution in [0.5, 0.6) is 0 Å². The minimum absolute atomic E-state index is 0.0398. The number of carbonyl (C=O) groups excluding carboxylic acids is 1. The van der Waals surface area contributed by atoms with Gasteiger partial charge in [-0.3, -0.25) is 4.79 Å². The maximum absolute atomic E-state index is 12.7. The van der Waals surface area contributed by atoms with Gasteiger partial charge in [0, 0.05) is 28.1 Å². The van der Waals surface area contributed by atoms with Crippen molar-refractivity contribution < 1.29 is 9.53 Å². The molecular weight excluding hydrogens is 416 g/mol. The molecular formula is C24H23ClN2O2S. The van der Waals surface area contributed by atoms with E-state index in [0.29, 0.717) is 35.2 Å². The van der Waals surface area contributed by atoms with Crippen LogP contribution in [0.15, 0.2) is 53.6 Å². The van der Waals surface area contributed by atoms with Crippen molar-refractivity contribution in [1.82, 2.24) is 9.97 Å². The number of fused-ring (bicyclic) bond motifs is 1. The Balaban J connectivity index is 1.65. The summed E-state index contributed by atoms with van der Waals surface area (Å²) in [6.07, 6.45) is 0.711. The van der Waals surface area contributed by atoms with Crippen LogP contribution in [0, 0.1) is 6.92 Å². The van der Waals surface area contributed by atoms with Crippen molar-refractivity contribution in [2.45, 2.75) is 44.4 Å². The number of rotatable bonds is 5. The molecule has 0 saturated heterocycles. The van der Waals surface area contributed by atoms with E-state index in [9.17, 15) is 4.79 Å². The third-order valence-corrected chi connectivity index (χ3v) is 6.34. The van der Waals surface area contributed by atoms with E-state index in [2.05, 4.69) is 32.9 Å². The fourth-order valence-electron chi connectivity index (χ4n) is 3.32. The van der Waals surface area contributed by atoms with Gasteiger partial charge in [0.2, 0.25) is 0 Å². The Bertz CT molecular complexity index is 1080. The molecule has 0 saturated carbocycles. The summed E-state index contributed by atoms with van der Waals surface area (Å²) in [5, 5.41) is 1.43. The number of aryl methyl sites for hydroxylation is 1. The Morgan fingerprint density at radius 2 is 1.80 bits per heavy atom. The number of hydrogen-bond acceptors (Lipinski definition) is 5. The quantitative estimate of drug-likeness (QED) is 0.280. The van der Waals surface area contributed by atoms with E-state index in [0.717, 1.165) is 21.8 Å². The third kappa shape index (κ3) is 4.75. The molecule has 2 aromatic carbocycles. The van der Waals surface area contributed by atoms with Gasteiger partial charge in [-0.05, 0) is 45.0 Å². The van der Waals surface area contributed by atoms with Crippen LogP contribution in [0.2, 0.25) is 5.02 Å². The molecule has 3 aromatic rings. The number of carbonyl (C=O) groups is 1. The first-order chi connectivity index (χ1) is 14.3. The van der Waals surface area contributed by atoms with Crippen LogP contribution in [0.4, 0.5) is 0 Å². The maximum Gasteiger partial charge on any atom is 0.173 e. The SMILES string of the molecule is Cc1ccc(-c2nc3c(c(SCC(=O)c4ccc(Cl)cc4)n2)COC(C)(C)C3)cc1. The van der Waals surface area contributed by atoms with Crippen molar-refractivity contribution in [2.24, 2.45) is 0 Å². The Hall–Kier alpha value is -2.21. The van der Waals surface area contributed by atoms with Gasteiger partial charge >= 0.3 is 0 Å². The third-order valence-electron chi connectivity index (χ3n) is 5.07. The van der Waals surface area contributed by atoms with Crippen LogP contribution in [-0.4, -0.2) is 27.1 Å². The Kier molecular flexibility index (Phi) is 5.96. The second-order valence-corrected chi connectivity index (χ2v) is 9.49. The molecule has 4 rings (SSSR count). The van der Waals surface area contributed by atoms with Gasteiger partial charge in [-0.25, -0.2) is 9.97 Å². The topological polar surface area (TPSA) is 52.1 Å². The second kappa shape index (κ2) is 8.50. The van der Waals surface area contributed by atoms with Crippen LogP contribution in [0.3, 0.4) is 0 Å². The largest absolute Gasteiger partial charge is 0.370 e. The smallest absolute Gasteiger partial charge is 0.173 e. The standard InChI is InChI=1S/C24H23ClN2O2S/c1-15-4-6-17(7-5-15)22-26-20-12-24(2,3)29-13-19(20)23(27-22)30-14-21(28)16-8-10-18(25)11-9-16/h4-11H,12-14H2,1-3H3. The van der Waals surface area contributed by atoms with Gasteiger partial charge in [-0.1, -0.05) is 53.2 Å². The predicted octanol–water partition coefficient (Wildman–Crippen LogP) is 5.93. The molecule has 0 unspecified atom stereocenters. The zero-order chi connectivity index (χ0) is 21.3. The van der Waals surface area contributed by atoms with E-state index in [1.807, 2.05) is 12.1 Å². The van der Waals surface area contributed by atoms with Gasteiger partial charge in [0.25, 0.3) is 0 Å². The normalized spacial score (nSPS) is 14.9. The van der Waals surface area contributed by atoms with Gasteiger partial charge < -0.3 is 4.74 Å². The summed E-state index contributed by atoms with van der Waals surface area (Å²) in [7, 11) is 0. The second-order valence-electron chi connectivity index (χ2n) is 8.09. The zero-order valence-electron chi connectivity index (χ0n) is 17.2. The summed E-state index contributed by atoms with van der Waals surface area (Å²) in [4.78, 5) is 22.3. The maximum atomic E-state index is 12.7. The molecule has 4 nitrogen and oxygen atoms in total. The fourth-order valence-corrected chi connectivity index (χ4v) is 4.39. The van der Waals surface area contributed by atoms with Gasteiger partial charge in [0.1, 0.15) is 5.03 Å². The van der Waals surface area contributed by atoms with Crippen LogP contribution < -0.4 is 0 Å². The molecule has 0 spiro atoms. The highest BCUT2D eigenvalue weighted by atomic mass is 35.5. The Morgan fingerprint density at radius 3 is 2.50 bits per heavy atom. The lowest BCUT2D eigenvalue weighted by Gasteiger charge is -2.32. The average molecular weight is 439 g/mol. The van der Waals surface area contributed by atoms with E-state index in [4.69, 9.17) is 26.3 Å². The first-order valence-electron chi connectivity index (χ1n) is 9.83. The van der Waals surface area contributed by atoms with E-state index >= 15 is 0 Å². The van der Waals surface area contributed by atoms with Crippen molar-refractivity contribution in [2.75, 3.05) is 5.75 Å². The monoisotopic (exact) mass is 438 g/mol. The zero-order valence-corrected chi connectivity index (χ0v) is 18.8. The first kappa shape index (κ1) is 21.0. The number of ether oxygens (including phenoxy) is 1. The molecule has 1 aliphatic rings. The predicted molar refractivity (Wildman–Crippen MR) is 121 cm³/mol. The van der Waals surface area contributed by atoms with E-state index < -0.39 is 0 Å². The highest BCUT2D eigenvalue weighted by Crippen LogP contribution is 2.34. The molecule has 154 valence electrons. The minimum atomic E-state index is -0.271. The lowest BCUT2D eigenvalue weighted by molar-refractivity contribution is -0.0428. The van der Waals surface area contributed by atoms with E-state index in [1.165, 1.54) is 17.3 Å². The van der Waals surface area contributed by atoms with Crippen molar-refractivity contribution in [1.29, 1.82) is 0 Å². The average Bonchev–Trinajstić information content (AvgIpc) is 2.71. The number of hydrogen-bond donors (Lipinski definition) is 0. The van der Waals surface area contributed by atoms with Crippen molar-refractivity contribution in [3.8, 4) is 11.4 Å².